The fourth-order valence-corrected chi connectivity index (χ4v) is 2.61. The van der Waals surface area contributed by atoms with E-state index in [-0.39, 0.29) is 11.7 Å². The Morgan fingerprint density at radius 1 is 1.61 bits per heavy atom. The molecule has 0 spiro atoms. The summed E-state index contributed by atoms with van der Waals surface area (Å²) < 4.78 is 7.29. The van der Waals surface area contributed by atoms with E-state index in [0.717, 1.165) is 4.47 Å². The molecule has 0 aromatic carbocycles. The number of hydrogen-bond donors (Lipinski definition) is 1. The Kier molecular flexibility index (Phi) is 3.60. The van der Waals surface area contributed by atoms with Crippen molar-refractivity contribution in [2.75, 3.05) is 18.0 Å². The third kappa shape index (κ3) is 2.66. The van der Waals surface area contributed by atoms with Gasteiger partial charge in [-0.15, -0.1) is 0 Å². The van der Waals surface area contributed by atoms with Gasteiger partial charge in [-0.3, -0.25) is 4.79 Å². The van der Waals surface area contributed by atoms with Gasteiger partial charge in [0.2, 0.25) is 0 Å². The number of carbonyl (C=O) groups is 1. The number of aryl methyl sites for hydroxylation is 1. The monoisotopic (exact) mass is 315 g/mol. The van der Waals surface area contributed by atoms with Crippen molar-refractivity contribution in [3.8, 4) is 0 Å². The van der Waals surface area contributed by atoms with Crippen molar-refractivity contribution in [1.82, 2.24) is 4.57 Å². The standard InChI is InChI=1S/C11H14BrN3O3/c1-14-5-7(12)4-9(10(14)16)15-3-2-8(6-15)18-11(13)17/h4-5,8H,2-3,6H2,1H3,(H2,13,17)/t8-/m0/s1. The summed E-state index contributed by atoms with van der Waals surface area (Å²) in [5.41, 5.74) is 5.51. The Hall–Kier alpha value is -1.50. The molecule has 1 saturated heterocycles. The summed E-state index contributed by atoms with van der Waals surface area (Å²) in [6.07, 6.45) is 1.37. The first kappa shape index (κ1) is 12.9. The van der Waals surface area contributed by atoms with Gasteiger partial charge in [0.1, 0.15) is 11.8 Å². The summed E-state index contributed by atoms with van der Waals surface area (Å²) in [6, 6.07) is 1.77. The Labute approximate surface area is 112 Å². The lowest BCUT2D eigenvalue weighted by Gasteiger charge is -2.18. The SMILES string of the molecule is Cn1cc(Br)cc(N2CC[C@H](OC(N)=O)C2)c1=O. The molecule has 1 amide bonds. The van der Waals surface area contributed by atoms with E-state index in [1.54, 1.807) is 19.3 Å². The molecule has 0 saturated carbocycles. The van der Waals surface area contributed by atoms with Gasteiger partial charge in [-0.1, -0.05) is 0 Å². The van der Waals surface area contributed by atoms with Crippen LogP contribution in [0.15, 0.2) is 21.5 Å². The lowest BCUT2D eigenvalue weighted by molar-refractivity contribution is 0.117. The van der Waals surface area contributed by atoms with Crippen molar-refractivity contribution in [1.29, 1.82) is 0 Å². The predicted octanol–water partition coefficient (Wildman–Crippen LogP) is 0.822. The number of hydrogen-bond acceptors (Lipinski definition) is 4. The van der Waals surface area contributed by atoms with Gasteiger partial charge in [0.25, 0.3) is 5.56 Å². The normalized spacial score (nSPS) is 19.0. The second kappa shape index (κ2) is 5.01. The number of ether oxygens (including phenoxy) is 1. The van der Waals surface area contributed by atoms with E-state index in [9.17, 15) is 9.59 Å². The molecule has 0 unspecified atom stereocenters. The minimum atomic E-state index is -0.774. The lowest BCUT2D eigenvalue weighted by atomic mass is 10.3. The minimum Gasteiger partial charge on any atom is -0.444 e. The molecule has 98 valence electrons. The van der Waals surface area contributed by atoms with Crippen LogP contribution in [0, 0.1) is 0 Å². The highest BCUT2D eigenvalue weighted by molar-refractivity contribution is 9.10. The molecule has 0 radical (unpaired) electrons. The molecule has 18 heavy (non-hydrogen) atoms. The van der Waals surface area contributed by atoms with E-state index in [4.69, 9.17) is 10.5 Å². The van der Waals surface area contributed by atoms with Gasteiger partial charge in [-0.25, -0.2) is 4.79 Å². The summed E-state index contributed by atoms with van der Waals surface area (Å²) in [4.78, 5) is 24.6. The van der Waals surface area contributed by atoms with E-state index in [1.807, 2.05) is 4.90 Å². The van der Waals surface area contributed by atoms with Crippen molar-refractivity contribution < 1.29 is 9.53 Å². The topological polar surface area (TPSA) is 77.6 Å². The van der Waals surface area contributed by atoms with E-state index in [0.29, 0.717) is 25.2 Å². The van der Waals surface area contributed by atoms with Crippen molar-refractivity contribution in [3.63, 3.8) is 0 Å². The van der Waals surface area contributed by atoms with Crippen LogP contribution in [0.1, 0.15) is 6.42 Å². The molecule has 2 heterocycles. The van der Waals surface area contributed by atoms with Crippen LogP contribution in [-0.2, 0) is 11.8 Å². The molecular weight excluding hydrogens is 302 g/mol. The first-order chi connectivity index (χ1) is 8.47. The van der Waals surface area contributed by atoms with Gasteiger partial charge in [-0.05, 0) is 22.0 Å². The zero-order chi connectivity index (χ0) is 13.3. The van der Waals surface area contributed by atoms with Crippen LogP contribution in [0.2, 0.25) is 0 Å². The fourth-order valence-electron chi connectivity index (χ4n) is 2.09. The van der Waals surface area contributed by atoms with Crippen molar-refractivity contribution >= 4 is 27.7 Å². The highest BCUT2D eigenvalue weighted by Gasteiger charge is 2.27. The Morgan fingerprint density at radius 2 is 2.33 bits per heavy atom. The lowest BCUT2D eigenvalue weighted by Crippen LogP contribution is -2.31. The third-order valence-electron chi connectivity index (χ3n) is 2.90. The quantitative estimate of drug-likeness (QED) is 0.876. The number of amides is 1. The number of halogens is 1. The van der Waals surface area contributed by atoms with Crippen molar-refractivity contribution in [2.24, 2.45) is 12.8 Å². The number of nitrogens with two attached hydrogens (primary N) is 1. The molecule has 1 aliphatic rings. The Morgan fingerprint density at radius 3 is 3.00 bits per heavy atom. The maximum absolute atomic E-state index is 12.0. The summed E-state index contributed by atoms with van der Waals surface area (Å²) in [6.45, 7) is 1.16. The number of rotatable bonds is 2. The third-order valence-corrected chi connectivity index (χ3v) is 3.33. The van der Waals surface area contributed by atoms with Crippen LogP contribution in [0.4, 0.5) is 10.5 Å². The Balaban J connectivity index is 2.19. The fraction of sp³-hybridized carbons (Fsp3) is 0.455. The van der Waals surface area contributed by atoms with Crippen LogP contribution in [0.25, 0.3) is 0 Å². The summed E-state index contributed by atoms with van der Waals surface area (Å²) in [5.74, 6) is 0. The maximum Gasteiger partial charge on any atom is 0.404 e. The van der Waals surface area contributed by atoms with Crippen LogP contribution in [0.5, 0.6) is 0 Å². The molecular formula is C11H14BrN3O3. The average Bonchev–Trinajstić information content (AvgIpc) is 2.70. The molecule has 6 nitrogen and oxygen atoms in total. The van der Waals surface area contributed by atoms with Gasteiger partial charge in [0.15, 0.2) is 0 Å². The van der Waals surface area contributed by atoms with Crippen molar-refractivity contribution in [2.45, 2.75) is 12.5 Å². The Bertz CT molecular complexity index is 529. The zero-order valence-electron chi connectivity index (χ0n) is 9.93. The van der Waals surface area contributed by atoms with Gasteiger partial charge < -0.3 is 19.9 Å². The second-order valence-electron chi connectivity index (χ2n) is 4.25. The van der Waals surface area contributed by atoms with Crippen LogP contribution in [0.3, 0.4) is 0 Å². The van der Waals surface area contributed by atoms with Crippen LogP contribution in [-0.4, -0.2) is 29.9 Å². The first-order valence-electron chi connectivity index (χ1n) is 5.54. The van der Waals surface area contributed by atoms with Crippen LogP contribution >= 0.6 is 15.9 Å². The van der Waals surface area contributed by atoms with Crippen LogP contribution < -0.4 is 16.2 Å². The largest absolute Gasteiger partial charge is 0.444 e. The number of primary amides is 1. The molecule has 0 aliphatic carbocycles. The molecule has 0 bridgehead atoms. The molecule has 1 fully saturated rings. The maximum atomic E-state index is 12.0. The highest BCUT2D eigenvalue weighted by Crippen LogP contribution is 2.21. The summed E-state index contributed by atoms with van der Waals surface area (Å²) >= 11 is 3.36. The first-order valence-corrected chi connectivity index (χ1v) is 6.34. The van der Waals surface area contributed by atoms with Gasteiger partial charge in [-0.2, -0.15) is 0 Å². The molecule has 1 atom stereocenters. The molecule has 1 aromatic rings. The second-order valence-corrected chi connectivity index (χ2v) is 5.17. The number of carbonyl (C=O) groups excluding carboxylic acids is 1. The predicted molar refractivity (Wildman–Crippen MR) is 70.7 cm³/mol. The number of pyridine rings is 1. The molecule has 1 aromatic heterocycles. The number of anilines is 1. The summed E-state index contributed by atoms with van der Waals surface area (Å²) in [7, 11) is 1.70. The minimum absolute atomic E-state index is 0.0714. The van der Waals surface area contributed by atoms with Crippen molar-refractivity contribution in [3.05, 3.63) is 27.1 Å². The van der Waals surface area contributed by atoms with Gasteiger partial charge >= 0.3 is 6.09 Å². The molecule has 1 aliphatic heterocycles. The van der Waals surface area contributed by atoms with E-state index in [2.05, 4.69) is 15.9 Å². The summed E-state index contributed by atoms with van der Waals surface area (Å²) in [5, 5.41) is 0. The van der Waals surface area contributed by atoms with E-state index in [1.165, 1.54) is 4.57 Å². The number of aromatic nitrogens is 1. The zero-order valence-corrected chi connectivity index (χ0v) is 11.5. The molecule has 7 heteroatoms. The number of nitrogens with zero attached hydrogens (tertiary/aromatic N) is 2. The smallest absolute Gasteiger partial charge is 0.404 e. The highest BCUT2D eigenvalue weighted by atomic mass is 79.9. The molecule has 2 N–H and O–H groups in total. The van der Waals surface area contributed by atoms with Gasteiger partial charge in [0.05, 0.1) is 6.54 Å². The van der Waals surface area contributed by atoms with Gasteiger partial charge in [0, 0.05) is 30.7 Å². The van der Waals surface area contributed by atoms with E-state index < -0.39 is 6.09 Å². The molecule has 2 rings (SSSR count). The van der Waals surface area contributed by atoms with E-state index >= 15 is 0 Å². The average molecular weight is 316 g/mol.